The summed E-state index contributed by atoms with van der Waals surface area (Å²) in [4.78, 5) is 30.5. The molecule has 0 atom stereocenters. The lowest BCUT2D eigenvalue weighted by atomic mass is 10.2. The molecule has 2 amide bonds. The molecule has 0 aliphatic heterocycles. The van der Waals surface area contributed by atoms with Crippen molar-refractivity contribution in [2.24, 2.45) is 0 Å². The number of carbonyl (C=O) groups is 2. The second kappa shape index (κ2) is 8.87. The number of amides is 2. The number of halogens is 1. The SMILES string of the molecule is O=C(Cc1csc(-c2ccc(Cl)s2)n1)Nc1ccc(NC(=O)c2cccs2)cc1. The van der Waals surface area contributed by atoms with Crippen LogP contribution in [0.3, 0.4) is 0 Å². The van der Waals surface area contributed by atoms with E-state index >= 15 is 0 Å². The van der Waals surface area contributed by atoms with E-state index in [4.69, 9.17) is 11.6 Å². The highest BCUT2D eigenvalue weighted by Crippen LogP contribution is 2.33. The van der Waals surface area contributed by atoms with Crippen LogP contribution in [-0.4, -0.2) is 16.8 Å². The average Bonchev–Trinajstić information content (AvgIpc) is 3.45. The van der Waals surface area contributed by atoms with E-state index < -0.39 is 0 Å². The predicted octanol–water partition coefficient (Wildman–Crippen LogP) is 6.02. The van der Waals surface area contributed by atoms with Gasteiger partial charge in [-0.05, 0) is 47.8 Å². The number of nitrogens with zero attached hydrogens (tertiary/aromatic N) is 1. The first kappa shape index (κ1) is 19.8. The monoisotopic (exact) mass is 459 g/mol. The van der Waals surface area contributed by atoms with E-state index in [2.05, 4.69) is 15.6 Å². The number of nitrogens with one attached hydrogen (secondary N) is 2. The lowest BCUT2D eigenvalue weighted by molar-refractivity contribution is -0.115. The highest BCUT2D eigenvalue weighted by Gasteiger charge is 2.11. The summed E-state index contributed by atoms with van der Waals surface area (Å²) in [5.41, 5.74) is 2.04. The maximum absolute atomic E-state index is 12.3. The zero-order chi connectivity index (χ0) is 20.2. The van der Waals surface area contributed by atoms with E-state index in [9.17, 15) is 9.59 Å². The maximum atomic E-state index is 12.3. The predicted molar refractivity (Wildman–Crippen MR) is 121 cm³/mol. The number of hydrogen-bond acceptors (Lipinski definition) is 6. The fraction of sp³-hybridized carbons (Fsp3) is 0.0500. The van der Waals surface area contributed by atoms with Crippen LogP contribution in [0.25, 0.3) is 9.88 Å². The average molecular weight is 460 g/mol. The van der Waals surface area contributed by atoms with Crippen LogP contribution in [-0.2, 0) is 11.2 Å². The van der Waals surface area contributed by atoms with Crippen molar-refractivity contribution in [3.05, 3.63) is 74.2 Å². The molecule has 146 valence electrons. The molecule has 4 rings (SSSR count). The van der Waals surface area contributed by atoms with Gasteiger partial charge in [-0.15, -0.1) is 34.0 Å². The molecule has 0 saturated carbocycles. The first-order valence-corrected chi connectivity index (χ1v) is 11.5. The van der Waals surface area contributed by atoms with E-state index in [-0.39, 0.29) is 18.2 Å². The minimum Gasteiger partial charge on any atom is -0.326 e. The summed E-state index contributed by atoms with van der Waals surface area (Å²) in [6.07, 6.45) is 0.187. The van der Waals surface area contributed by atoms with Crippen molar-refractivity contribution >= 4 is 68.8 Å². The molecule has 3 aromatic heterocycles. The van der Waals surface area contributed by atoms with E-state index in [0.29, 0.717) is 26.3 Å². The fourth-order valence-corrected chi connectivity index (χ4v) is 5.09. The van der Waals surface area contributed by atoms with Crippen LogP contribution in [0, 0.1) is 0 Å². The summed E-state index contributed by atoms with van der Waals surface area (Å²) in [6.45, 7) is 0. The van der Waals surface area contributed by atoms with Crippen LogP contribution in [0.2, 0.25) is 4.34 Å². The van der Waals surface area contributed by atoms with Gasteiger partial charge in [-0.25, -0.2) is 4.98 Å². The number of anilines is 2. The minimum absolute atomic E-state index is 0.150. The van der Waals surface area contributed by atoms with Crippen molar-refractivity contribution in [3.63, 3.8) is 0 Å². The van der Waals surface area contributed by atoms with Gasteiger partial charge in [0.05, 0.1) is 26.2 Å². The zero-order valence-corrected chi connectivity index (χ0v) is 18.1. The Morgan fingerprint density at radius 3 is 2.38 bits per heavy atom. The van der Waals surface area contributed by atoms with Gasteiger partial charge in [-0.3, -0.25) is 9.59 Å². The molecule has 0 bridgehead atoms. The summed E-state index contributed by atoms with van der Waals surface area (Å²) in [5, 5.41) is 10.3. The molecular formula is C20H14ClN3O2S3. The molecule has 0 aliphatic carbocycles. The highest BCUT2D eigenvalue weighted by molar-refractivity contribution is 7.23. The third kappa shape index (κ3) is 5.10. The third-order valence-corrected chi connectivity index (χ3v) is 7.01. The van der Waals surface area contributed by atoms with Crippen LogP contribution >= 0.6 is 45.6 Å². The van der Waals surface area contributed by atoms with Crippen molar-refractivity contribution in [1.82, 2.24) is 4.98 Å². The zero-order valence-electron chi connectivity index (χ0n) is 14.8. The molecule has 9 heteroatoms. The molecule has 0 radical (unpaired) electrons. The van der Waals surface area contributed by atoms with Gasteiger partial charge in [0.15, 0.2) is 0 Å². The van der Waals surface area contributed by atoms with Gasteiger partial charge in [0, 0.05) is 16.8 Å². The first-order chi connectivity index (χ1) is 14.1. The number of benzene rings is 1. The Morgan fingerprint density at radius 2 is 1.72 bits per heavy atom. The Kier molecular flexibility index (Phi) is 6.05. The Morgan fingerprint density at radius 1 is 0.966 bits per heavy atom. The summed E-state index contributed by atoms with van der Waals surface area (Å²) >= 11 is 10.3. The molecule has 29 heavy (non-hydrogen) atoms. The van der Waals surface area contributed by atoms with Crippen LogP contribution in [0.15, 0.2) is 59.3 Å². The molecule has 0 spiro atoms. The Bertz CT molecular complexity index is 1130. The molecule has 1 aromatic carbocycles. The molecule has 0 fully saturated rings. The largest absolute Gasteiger partial charge is 0.326 e. The topological polar surface area (TPSA) is 71.1 Å². The standard InChI is InChI=1S/C20H14ClN3O2S3/c21-17-8-7-16(29-17)20-24-14(11-28-20)10-18(25)22-12-3-5-13(6-4-12)23-19(26)15-2-1-9-27-15/h1-9,11H,10H2,(H,22,25)(H,23,26). The Hall–Kier alpha value is -2.52. The normalized spacial score (nSPS) is 10.7. The number of aromatic nitrogens is 1. The molecular weight excluding hydrogens is 446 g/mol. The van der Waals surface area contributed by atoms with Gasteiger partial charge in [0.2, 0.25) is 5.91 Å². The Labute approximate surface area is 184 Å². The van der Waals surface area contributed by atoms with Gasteiger partial charge in [0.25, 0.3) is 5.91 Å². The first-order valence-electron chi connectivity index (χ1n) is 8.52. The minimum atomic E-state index is -0.151. The number of thiazole rings is 1. The number of thiophene rings is 2. The van der Waals surface area contributed by atoms with Crippen LogP contribution < -0.4 is 10.6 Å². The van der Waals surface area contributed by atoms with Gasteiger partial charge in [-0.1, -0.05) is 17.7 Å². The van der Waals surface area contributed by atoms with Crippen molar-refractivity contribution in [1.29, 1.82) is 0 Å². The summed E-state index contributed by atoms with van der Waals surface area (Å²) in [5.74, 6) is -0.301. The van der Waals surface area contributed by atoms with Crippen molar-refractivity contribution in [2.75, 3.05) is 10.6 Å². The van der Waals surface area contributed by atoms with E-state index in [1.807, 2.05) is 29.0 Å². The van der Waals surface area contributed by atoms with Crippen LogP contribution in [0.1, 0.15) is 15.4 Å². The van der Waals surface area contributed by atoms with E-state index in [0.717, 1.165) is 9.88 Å². The molecule has 0 saturated heterocycles. The highest BCUT2D eigenvalue weighted by atomic mass is 35.5. The van der Waals surface area contributed by atoms with Crippen LogP contribution in [0.5, 0.6) is 0 Å². The molecule has 3 heterocycles. The van der Waals surface area contributed by atoms with Gasteiger partial charge >= 0.3 is 0 Å². The van der Waals surface area contributed by atoms with Crippen molar-refractivity contribution in [3.8, 4) is 9.88 Å². The molecule has 4 aromatic rings. The molecule has 0 aliphatic rings. The lowest BCUT2D eigenvalue weighted by Crippen LogP contribution is -2.15. The molecule has 2 N–H and O–H groups in total. The van der Waals surface area contributed by atoms with Crippen molar-refractivity contribution < 1.29 is 9.59 Å². The summed E-state index contributed by atoms with van der Waals surface area (Å²) in [6, 6.07) is 14.4. The van der Waals surface area contributed by atoms with Crippen molar-refractivity contribution in [2.45, 2.75) is 6.42 Å². The molecule has 5 nitrogen and oxygen atoms in total. The maximum Gasteiger partial charge on any atom is 0.265 e. The van der Waals surface area contributed by atoms with Gasteiger partial charge in [-0.2, -0.15) is 0 Å². The second-order valence-electron chi connectivity index (χ2n) is 5.98. The smallest absolute Gasteiger partial charge is 0.265 e. The fourth-order valence-electron chi connectivity index (χ4n) is 2.54. The third-order valence-electron chi connectivity index (χ3n) is 3.85. The number of carbonyl (C=O) groups excluding carboxylic acids is 2. The lowest BCUT2D eigenvalue weighted by Gasteiger charge is -2.07. The van der Waals surface area contributed by atoms with Gasteiger partial charge < -0.3 is 10.6 Å². The molecule has 0 unspecified atom stereocenters. The summed E-state index contributed by atoms with van der Waals surface area (Å²) < 4.78 is 0.713. The van der Waals surface area contributed by atoms with E-state index in [1.165, 1.54) is 34.0 Å². The second-order valence-corrected chi connectivity index (χ2v) is 9.50. The number of rotatable bonds is 6. The van der Waals surface area contributed by atoms with Gasteiger partial charge in [0.1, 0.15) is 5.01 Å². The Balaban J connectivity index is 1.33. The summed E-state index contributed by atoms with van der Waals surface area (Å²) in [7, 11) is 0. The van der Waals surface area contributed by atoms with E-state index in [1.54, 1.807) is 30.3 Å². The number of hydrogen-bond donors (Lipinski definition) is 2. The quantitative estimate of drug-likeness (QED) is 0.370. The van der Waals surface area contributed by atoms with Crippen LogP contribution in [0.4, 0.5) is 11.4 Å².